The fourth-order valence-corrected chi connectivity index (χ4v) is 4.40. The third-order valence-electron chi connectivity index (χ3n) is 6.32. The van der Waals surface area contributed by atoms with Gasteiger partial charge in [0.05, 0.1) is 24.7 Å². The van der Waals surface area contributed by atoms with Crippen LogP contribution in [-0.2, 0) is 33.8 Å². The van der Waals surface area contributed by atoms with Gasteiger partial charge in [0.2, 0.25) is 0 Å². The van der Waals surface area contributed by atoms with Crippen molar-refractivity contribution >= 4 is 28.8 Å². The second-order valence-corrected chi connectivity index (χ2v) is 10.8. The minimum absolute atomic E-state index is 0.0556. The molecule has 0 aliphatic carbocycles. The third kappa shape index (κ3) is 7.54. The molecule has 0 radical (unpaired) electrons. The van der Waals surface area contributed by atoms with E-state index in [9.17, 15) is 14.4 Å². The van der Waals surface area contributed by atoms with E-state index in [1.54, 1.807) is 58.0 Å². The van der Waals surface area contributed by atoms with E-state index < -0.39 is 23.5 Å². The van der Waals surface area contributed by atoms with Gasteiger partial charge in [0.1, 0.15) is 29.4 Å². The van der Waals surface area contributed by atoms with Crippen LogP contribution in [0.1, 0.15) is 61.7 Å². The largest absolute Gasteiger partial charge is 0.488 e. The van der Waals surface area contributed by atoms with E-state index in [2.05, 4.69) is 5.32 Å². The number of alkyl carbamates (subject to hydrolysis) is 1. The lowest BCUT2D eigenvalue weighted by molar-refractivity contribution is -0.142. The Labute approximate surface area is 243 Å². The molecule has 42 heavy (non-hydrogen) atoms. The number of hydrogen-bond acceptors (Lipinski definition) is 7. The Hall–Kier alpha value is -4.66. The second-order valence-electron chi connectivity index (χ2n) is 10.8. The molecule has 0 aliphatic heterocycles. The molecule has 3 aromatic carbocycles. The number of halogens is 1. The zero-order valence-electron chi connectivity index (χ0n) is 24.3. The lowest BCUT2D eigenvalue weighted by Gasteiger charge is -2.19. The summed E-state index contributed by atoms with van der Waals surface area (Å²) in [5, 5.41) is 3.03. The van der Waals surface area contributed by atoms with Gasteiger partial charge in [-0.1, -0.05) is 30.3 Å². The summed E-state index contributed by atoms with van der Waals surface area (Å²) < 4.78 is 37.7. The summed E-state index contributed by atoms with van der Waals surface area (Å²) >= 11 is 0. The van der Waals surface area contributed by atoms with Crippen molar-refractivity contribution in [1.29, 1.82) is 0 Å². The van der Waals surface area contributed by atoms with E-state index in [4.69, 9.17) is 18.6 Å². The third-order valence-corrected chi connectivity index (χ3v) is 6.32. The van der Waals surface area contributed by atoms with Crippen molar-refractivity contribution in [2.24, 2.45) is 0 Å². The Kier molecular flexibility index (Phi) is 9.30. The lowest BCUT2D eigenvalue weighted by atomic mass is 9.98. The molecule has 0 saturated carbocycles. The van der Waals surface area contributed by atoms with Crippen LogP contribution in [0.2, 0.25) is 0 Å². The number of benzene rings is 3. The van der Waals surface area contributed by atoms with Gasteiger partial charge in [0.25, 0.3) is 0 Å². The Morgan fingerprint density at radius 3 is 2.50 bits per heavy atom. The Bertz CT molecular complexity index is 1620. The van der Waals surface area contributed by atoms with Crippen molar-refractivity contribution in [3.8, 4) is 16.9 Å². The van der Waals surface area contributed by atoms with Crippen molar-refractivity contribution in [1.82, 2.24) is 5.32 Å². The number of furan rings is 1. The van der Waals surface area contributed by atoms with Gasteiger partial charge >= 0.3 is 12.1 Å². The van der Waals surface area contributed by atoms with Gasteiger partial charge in [-0.2, -0.15) is 0 Å². The number of carbonyl (C=O) groups excluding carboxylic acids is 3. The molecule has 0 bridgehead atoms. The molecule has 4 aromatic rings. The van der Waals surface area contributed by atoms with Crippen LogP contribution in [0.4, 0.5) is 9.18 Å². The van der Waals surface area contributed by atoms with Crippen LogP contribution < -0.4 is 10.1 Å². The van der Waals surface area contributed by atoms with Crippen LogP contribution in [0.5, 0.6) is 5.75 Å². The summed E-state index contributed by atoms with van der Waals surface area (Å²) in [5.41, 5.74) is 3.14. The quantitative estimate of drug-likeness (QED) is 0.158. The Morgan fingerprint density at radius 2 is 1.79 bits per heavy atom. The van der Waals surface area contributed by atoms with Gasteiger partial charge in [0.15, 0.2) is 5.78 Å². The molecule has 0 unspecified atom stereocenters. The molecule has 0 spiro atoms. The molecule has 4 rings (SSSR count). The molecule has 0 aliphatic rings. The van der Waals surface area contributed by atoms with Gasteiger partial charge < -0.3 is 23.9 Å². The zero-order chi connectivity index (χ0) is 30.4. The van der Waals surface area contributed by atoms with Crippen LogP contribution in [0.25, 0.3) is 22.1 Å². The monoisotopic (exact) mass is 575 g/mol. The number of esters is 1. The molecular weight excluding hydrogens is 541 g/mol. The molecule has 220 valence electrons. The highest BCUT2D eigenvalue weighted by Gasteiger charge is 2.19. The summed E-state index contributed by atoms with van der Waals surface area (Å²) in [5.74, 6) is -0.816. The van der Waals surface area contributed by atoms with Crippen LogP contribution in [-0.4, -0.2) is 30.1 Å². The maximum absolute atomic E-state index is 15.6. The van der Waals surface area contributed by atoms with Gasteiger partial charge in [0, 0.05) is 28.8 Å². The van der Waals surface area contributed by atoms with Crippen LogP contribution >= 0.6 is 0 Å². The summed E-state index contributed by atoms with van der Waals surface area (Å²) in [6, 6.07) is 15.5. The predicted molar refractivity (Wildman–Crippen MR) is 156 cm³/mol. The van der Waals surface area contributed by atoms with Crippen molar-refractivity contribution in [2.75, 3.05) is 6.61 Å². The second kappa shape index (κ2) is 12.9. The lowest BCUT2D eigenvalue weighted by Crippen LogP contribution is -2.32. The molecule has 1 heterocycles. The Morgan fingerprint density at radius 1 is 1.00 bits per heavy atom. The van der Waals surface area contributed by atoms with Gasteiger partial charge in [-0.3, -0.25) is 9.59 Å². The number of amides is 1. The number of ether oxygens (including phenoxy) is 3. The maximum atomic E-state index is 15.6. The number of Topliss-reactive ketones (excluding diaryl/α,β-unsaturated/α-hetero) is 1. The number of fused-ring (bicyclic) bond motifs is 1. The highest BCUT2D eigenvalue weighted by molar-refractivity contribution is 5.95. The minimum Gasteiger partial charge on any atom is -0.488 e. The summed E-state index contributed by atoms with van der Waals surface area (Å²) in [4.78, 5) is 36.3. The standard InChI is InChI=1S/C33H34FNO7/c1-6-39-29(37)17-24-11-10-22(20(2)36)16-28(24)41-19-25-15-27(31-26(30(25)34)12-13-40-31)23-9-7-8-21(14-23)18-35-32(38)42-33(3,4)5/h7-16H,6,17-19H2,1-5H3,(H,35,38). The first-order valence-corrected chi connectivity index (χ1v) is 13.6. The molecule has 1 aromatic heterocycles. The number of hydrogen-bond donors (Lipinski definition) is 1. The fourth-order valence-electron chi connectivity index (χ4n) is 4.40. The first-order valence-electron chi connectivity index (χ1n) is 13.6. The van der Waals surface area contributed by atoms with Crippen molar-refractivity contribution in [2.45, 2.75) is 59.8 Å². The van der Waals surface area contributed by atoms with Crippen LogP contribution in [0, 0.1) is 5.82 Å². The SMILES string of the molecule is CCOC(=O)Cc1ccc(C(C)=O)cc1OCc1cc(-c2cccc(CNC(=O)OC(C)(C)C)c2)c2occc2c1F. The fraction of sp³-hybridized carbons (Fsp3) is 0.303. The van der Waals surface area contributed by atoms with E-state index in [0.29, 0.717) is 28.0 Å². The first kappa shape index (κ1) is 30.3. The number of nitrogens with one attached hydrogen (secondary N) is 1. The molecule has 1 amide bonds. The summed E-state index contributed by atoms with van der Waals surface area (Å²) in [7, 11) is 0. The van der Waals surface area contributed by atoms with Gasteiger partial charge in [-0.25, -0.2) is 9.18 Å². The predicted octanol–water partition coefficient (Wildman–Crippen LogP) is 7.15. The minimum atomic E-state index is -0.615. The molecule has 9 heteroatoms. The number of carbonyl (C=O) groups is 3. The topological polar surface area (TPSA) is 104 Å². The highest BCUT2D eigenvalue weighted by atomic mass is 19.1. The Balaban J connectivity index is 1.63. The smallest absolute Gasteiger partial charge is 0.407 e. The van der Waals surface area contributed by atoms with Crippen LogP contribution in [0.15, 0.2) is 65.3 Å². The van der Waals surface area contributed by atoms with E-state index in [0.717, 1.165) is 11.1 Å². The molecule has 1 N–H and O–H groups in total. The molecule has 8 nitrogen and oxygen atoms in total. The van der Waals surface area contributed by atoms with Gasteiger partial charge in [-0.15, -0.1) is 0 Å². The number of ketones is 1. The average molecular weight is 576 g/mol. The highest BCUT2D eigenvalue weighted by Crippen LogP contribution is 2.35. The summed E-state index contributed by atoms with van der Waals surface area (Å²) in [6.45, 7) is 8.82. The van der Waals surface area contributed by atoms with E-state index in [1.165, 1.54) is 13.2 Å². The van der Waals surface area contributed by atoms with E-state index >= 15 is 4.39 Å². The molecular formula is C33H34FNO7. The van der Waals surface area contributed by atoms with Gasteiger partial charge in [-0.05, 0) is 70.0 Å². The zero-order valence-corrected chi connectivity index (χ0v) is 24.3. The van der Waals surface area contributed by atoms with Crippen LogP contribution in [0.3, 0.4) is 0 Å². The molecule has 0 atom stereocenters. The van der Waals surface area contributed by atoms with Crippen molar-refractivity contribution < 1.29 is 37.4 Å². The average Bonchev–Trinajstić information content (AvgIpc) is 3.42. The van der Waals surface area contributed by atoms with Crippen molar-refractivity contribution in [3.63, 3.8) is 0 Å². The normalized spacial score (nSPS) is 11.3. The number of rotatable bonds is 10. The summed E-state index contributed by atoms with van der Waals surface area (Å²) in [6.07, 6.45) is 0.836. The first-order chi connectivity index (χ1) is 19.9. The van der Waals surface area contributed by atoms with E-state index in [1.807, 2.05) is 24.3 Å². The van der Waals surface area contributed by atoms with Crippen molar-refractivity contribution in [3.05, 3.63) is 88.9 Å². The van der Waals surface area contributed by atoms with E-state index in [-0.39, 0.29) is 42.9 Å². The molecule has 0 fully saturated rings. The molecule has 0 saturated heterocycles. The maximum Gasteiger partial charge on any atom is 0.407 e.